The predicted octanol–water partition coefficient (Wildman–Crippen LogP) is 2.44. The van der Waals surface area contributed by atoms with Gasteiger partial charge in [-0.2, -0.15) is 0 Å². The lowest BCUT2D eigenvalue weighted by atomic mass is 9.76. The first-order chi connectivity index (χ1) is 13.3. The third kappa shape index (κ3) is 2.61. The first-order valence-corrected chi connectivity index (χ1v) is 9.71. The Bertz CT molecular complexity index is 834. The fourth-order valence-electron chi connectivity index (χ4n) is 4.81. The molecular weight excluding hydrogens is 340 g/mol. The van der Waals surface area contributed by atoms with Gasteiger partial charge in [0.05, 0.1) is 25.7 Å². The zero-order chi connectivity index (χ0) is 18.3. The Hall–Kier alpha value is -2.21. The average molecular weight is 364 g/mol. The lowest BCUT2D eigenvalue weighted by Crippen LogP contribution is -2.56. The number of benzene rings is 2. The monoisotopic (exact) mass is 364 g/mol. The number of ether oxygens (including phenoxy) is 2. The summed E-state index contributed by atoms with van der Waals surface area (Å²) in [6.45, 7) is 5.39. The van der Waals surface area contributed by atoms with E-state index < -0.39 is 5.72 Å². The van der Waals surface area contributed by atoms with E-state index in [1.807, 2.05) is 41.3 Å². The van der Waals surface area contributed by atoms with E-state index in [2.05, 4.69) is 23.1 Å². The molecule has 27 heavy (non-hydrogen) atoms. The molecule has 5 rings (SSSR count). The van der Waals surface area contributed by atoms with Crippen molar-refractivity contribution in [2.45, 2.75) is 11.6 Å². The summed E-state index contributed by atoms with van der Waals surface area (Å²) in [6.07, 6.45) is 0. The van der Waals surface area contributed by atoms with Crippen molar-refractivity contribution in [3.05, 3.63) is 71.3 Å². The maximum atomic E-state index is 13.3. The third-order valence-corrected chi connectivity index (χ3v) is 6.05. The first kappa shape index (κ1) is 16.9. The number of carbonyl (C=O) groups is 1. The molecule has 140 valence electrons. The maximum Gasteiger partial charge on any atom is 0.256 e. The maximum absolute atomic E-state index is 13.3. The zero-order valence-corrected chi connectivity index (χ0v) is 15.3. The smallest absolute Gasteiger partial charge is 0.256 e. The normalized spacial score (nSPS) is 28.1. The molecule has 5 heteroatoms. The Kier molecular flexibility index (Phi) is 4.23. The Balaban J connectivity index is 1.66. The van der Waals surface area contributed by atoms with E-state index in [1.165, 1.54) is 0 Å². The van der Waals surface area contributed by atoms with Crippen molar-refractivity contribution in [1.29, 1.82) is 0 Å². The molecule has 3 heterocycles. The highest BCUT2D eigenvalue weighted by molar-refractivity contribution is 5.98. The second-order valence-corrected chi connectivity index (χ2v) is 7.42. The Morgan fingerprint density at radius 3 is 2.48 bits per heavy atom. The third-order valence-electron chi connectivity index (χ3n) is 6.05. The Morgan fingerprint density at radius 2 is 1.67 bits per heavy atom. The van der Waals surface area contributed by atoms with Crippen molar-refractivity contribution in [2.75, 3.05) is 46.0 Å². The van der Waals surface area contributed by atoms with E-state index in [9.17, 15) is 4.79 Å². The first-order valence-electron chi connectivity index (χ1n) is 9.71. The molecule has 0 radical (unpaired) electrons. The number of amides is 1. The fourth-order valence-corrected chi connectivity index (χ4v) is 4.81. The molecule has 3 aliphatic rings. The quantitative estimate of drug-likeness (QED) is 0.839. The van der Waals surface area contributed by atoms with Gasteiger partial charge in [0, 0.05) is 37.3 Å². The summed E-state index contributed by atoms with van der Waals surface area (Å²) in [5.41, 5.74) is 2.23. The molecule has 0 N–H and O–H groups in total. The summed E-state index contributed by atoms with van der Waals surface area (Å²) in [7, 11) is 0. The van der Waals surface area contributed by atoms with Crippen molar-refractivity contribution in [2.24, 2.45) is 0 Å². The van der Waals surface area contributed by atoms with Crippen molar-refractivity contribution in [3.8, 4) is 0 Å². The second kappa shape index (κ2) is 6.75. The van der Waals surface area contributed by atoms with E-state index in [1.54, 1.807) is 0 Å². The highest BCUT2D eigenvalue weighted by Gasteiger charge is 2.56. The largest absolute Gasteiger partial charge is 0.379 e. The van der Waals surface area contributed by atoms with Gasteiger partial charge in [0.25, 0.3) is 5.91 Å². The van der Waals surface area contributed by atoms with Crippen LogP contribution in [0.5, 0.6) is 0 Å². The lowest BCUT2D eigenvalue weighted by Gasteiger charge is -2.49. The highest BCUT2D eigenvalue weighted by atomic mass is 16.5. The topological polar surface area (TPSA) is 42.0 Å². The van der Waals surface area contributed by atoms with Gasteiger partial charge in [-0.15, -0.1) is 0 Å². The van der Waals surface area contributed by atoms with Gasteiger partial charge in [-0.25, -0.2) is 0 Å². The summed E-state index contributed by atoms with van der Waals surface area (Å²) >= 11 is 0. The molecule has 2 atom stereocenters. The average Bonchev–Trinajstić information content (AvgIpc) is 3.19. The van der Waals surface area contributed by atoms with Crippen molar-refractivity contribution >= 4 is 5.91 Å². The van der Waals surface area contributed by atoms with Gasteiger partial charge in [-0.1, -0.05) is 48.5 Å². The Morgan fingerprint density at radius 1 is 0.926 bits per heavy atom. The summed E-state index contributed by atoms with van der Waals surface area (Å²) < 4.78 is 12.0. The molecule has 0 spiro atoms. The number of morpholine rings is 1. The number of hydrogen-bond donors (Lipinski definition) is 0. The summed E-state index contributed by atoms with van der Waals surface area (Å²) in [5, 5.41) is 0. The minimum Gasteiger partial charge on any atom is -0.379 e. The zero-order valence-electron chi connectivity index (χ0n) is 15.3. The Labute approximate surface area is 159 Å². The van der Waals surface area contributed by atoms with Gasteiger partial charge in [0.1, 0.15) is 0 Å². The second-order valence-electron chi connectivity index (χ2n) is 7.42. The van der Waals surface area contributed by atoms with Gasteiger partial charge in [0.15, 0.2) is 5.72 Å². The minimum atomic E-state index is -0.731. The van der Waals surface area contributed by atoms with Gasteiger partial charge >= 0.3 is 0 Å². The van der Waals surface area contributed by atoms with Crippen LogP contribution in [0, 0.1) is 0 Å². The number of rotatable bonds is 3. The van der Waals surface area contributed by atoms with Crippen LogP contribution < -0.4 is 0 Å². The SMILES string of the molecule is O=C1c2ccccc2[C@H](CN2CCOCC2)[C@]2(c3ccccc3)OCCN12. The fraction of sp³-hybridized carbons (Fsp3) is 0.409. The molecule has 0 bridgehead atoms. The lowest BCUT2D eigenvalue weighted by molar-refractivity contribution is -0.109. The molecule has 2 aromatic carbocycles. The van der Waals surface area contributed by atoms with E-state index in [-0.39, 0.29) is 11.8 Å². The van der Waals surface area contributed by atoms with Gasteiger partial charge in [-0.05, 0) is 11.6 Å². The molecule has 2 fully saturated rings. The van der Waals surface area contributed by atoms with E-state index in [0.717, 1.165) is 49.5 Å². The summed E-state index contributed by atoms with van der Waals surface area (Å²) in [4.78, 5) is 17.7. The molecule has 0 aromatic heterocycles. The van der Waals surface area contributed by atoms with Crippen LogP contribution in [0.3, 0.4) is 0 Å². The molecule has 5 nitrogen and oxygen atoms in total. The molecule has 2 aromatic rings. The summed E-state index contributed by atoms with van der Waals surface area (Å²) in [5.74, 6) is 0.139. The van der Waals surface area contributed by atoms with E-state index >= 15 is 0 Å². The van der Waals surface area contributed by atoms with Crippen LogP contribution in [0.15, 0.2) is 54.6 Å². The van der Waals surface area contributed by atoms with E-state index in [0.29, 0.717) is 13.2 Å². The van der Waals surface area contributed by atoms with Crippen LogP contribution in [0.4, 0.5) is 0 Å². The highest BCUT2D eigenvalue weighted by Crippen LogP contribution is 2.51. The number of hydrogen-bond acceptors (Lipinski definition) is 4. The van der Waals surface area contributed by atoms with Gasteiger partial charge in [0.2, 0.25) is 0 Å². The van der Waals surface area contributed by atoms with Crippen LogP contribution in [0.2, 0.25) is 0 Å². The standard InChI is InChI=1S/C22H24N2O3/c25-21-19-9-5-4-8-18(19)20(16-23-10-13-26-14-11-23)22(24(21)12-15-27-22)17-6-2-1-3-7-17/h1-9,20H,10-16H2/t20-,22-/m0/s1. The van der Waals surface area contributed by atoms with Crippen LogP contribution in [0.1, 0.15) is 27.4 Å². The molecule has 0 unspecified atom stereocenters. The molecule has 0 saturated carbocycles. The number of fused-ring (bicyclic) bond motifs is 2. The predicted molar refractivity (Wildman–Crippen MR) is 102 cm³/mol. The molecule has 1 amide bonds. The van der Waals surface area contributed by atoms with Gasteiger partial charge < -0.3 is 14.4 Å². The van der Waals surface area contributed by atoms with Crippen molar-refractivity contribution in [1.82, 2.24) is 9.80 Å². The van der Waals surface area contributed by atoms with E-state index in [4.69, 9.17) is 9.47 Å². The molecule has 2 saturated heterocycles. The number of carbonyl (C=O) groups excluding carboxylic acids is 1. The van der Waals surface area contributed by atoms with Crippen LogP contribution >= 0.6 is 0 Å². The van der Waals surface area contributed by atoms with Crippen molar-refractivity contribution < 1.29 is 14.3 Å². The van der Waals surface area contributed by atoms with Gasteiger partial charge in [-0.3, -0.25) is 9.69 Å². The molecular formula is C22H24N2O3. The molecule has 0 aliphatic carbocycles. The van der Waals surface area contributed by atoms with Crippen LogP contribution in [-0.2, 0) is 15.2 Å². The summed E-state index contributed by atoms with van der Waals surface area (Å²) in [6, 6.07) is 18.3. The number of nitrogens with zero attached hydrogens (tertiary/aromatic N) is 2. The van der Waals surface area contributed by atoms with Crippen LogP contribution in [-0.4, -0.2) is 61.7 Å². The molecule has 3 aliphatic heterocycles. The van der Waals surface area contributed by atoms with Crippen LogP contribution in [0.25, 0.3) is 0 Å². The van der Waals surface area contributed by atoms with Crippen molar-refractivity contribution in [3.63, 3.8) is 0 Å². The minimum absolute atomic E-state index is 0.0643.